The number of likely N-dealkylation sites (N-methyl/N-ethyl adjacent to an activating group) is 1. The predicted octanol–water partition coefficient (Wildman–Crippen LogP) is 2.01. The minimum absolute atomic E-state index is 0.426. The van der Waals surface area contributed by atoms with Crippen LogP contribution in [0.1, 0.15) is 42.5 Å². The first-order valence-electron chi connectivity index (χ1n) is 5.48. The summed E-state index contributed by atoms with van der Waals surface area (Å²) < 4.78 is 0. The van der Waals surface area contributed by atoms with Crippen LogP contribution in [0.3, 0.4) is 0 Å². The molecule has 3 nitrogen and oxygen atoms in total. The number of aromatic nitrogens is 1. The Morgan fingerprint density at radius 1 is 1.67 bits per heavy atom. The van der Waals surface area contributed by atoms with Crippen molar-refractivity contribution in [1.82, 2.24) is 9.88 Å². The molecule has 1 aromatic heterocycles. The van der Waals surface area contributed by atoms with Gasteiger partial charge in [0.2, 0.25) is 0 Å². The van der Waals surface area contributed by atoms with Crippen LogP contribution in [0.5, 0.6) is 0 Å². The maximum Gasteiger partial charge on any atom is 0.121 e. The van der Waals surface area contributed by atoms with E-state index in [0.717, 1.165) is 11.6 Å². The van der Waals surface area contributed by atoms with E-state index in [0.29, 0.717) is 5.92 Å². The van der Waals surface area contributed by atoms with Crippen LogP contribution in [0.4, 0.5) is 0 Å². The maximum absolute atomic E-state index is 9.42. The Hall–Kier alpha value is -0.450. The van der Waals surface area contributed by atoms with Gasteiger partial charge in [0, 0.05) is 17.8 Å². The molecule has 1 fully saturated rings. The van der Waals surface area contributed by atoms with E-state index in [2.05, 4.69) is 22.3 Å². The molecule has 2 heterocycles. The van der Waals surface area contributed by atoms with Gasteiger partial charge in [-0.1, -0.05) is 0 Å². The quantitative estimate of drug-likeness (QED) is 0.838. The van der Waals surface area contributed by atoms with Gasteiger partial charge in [0.1, 0.15) is 11.1 Å². The van der Waals surface area contributed by atoms with Gasteiger partial charge in [-0.2, -0.15) is 0 Å². The molecule has 0 amide bonds. The molecule has 84 valence electrons. The molecule has 1 aliphatic rings. The summed E-state index contributed by atoms with van der Waals surface area (Å²) in [6.07, 6.45) is 2.06. The van der Waals surface area contributed by atoms with Crippen molar-refractivity contribution >= 4 is 11.3 Å². The molecule has 0 spiro atoms. The van der Waals surface area contributed by atoms with Crippen LogP contribution in [-0.2, 0) is 0 Å². The highest BCUT2D eigenvalue weighted by atomic mass is 32.1. The van der Waals surface area contributed by atoms with Gasteiger partial charge in [-0.05, 0) is 33.4 Å². The maximum atomic E-state index is 9.42. The normalized spacial score (nSPS) is 25.4. The second-order valence-electron chi connectivity index (χ2n) is 4.39. The molecule has 4 heteroatoms. The van der Waals surface area contributed by atoms with Gasteiger partial charge in [0.05, 0.1) is 5.69 Å². The summed E-state index contributed by atoms with van der Waals surface area (Å²) in [5.41, 5.74) is 1.17. The summed E-state index contributed by atoms with van der Waals surface area (Å²) in [6.45, 7) is 4.07. The zero-order chi connectivity index (χ0) is 10.8. The van der Waals surface area contributed by atoms with Crippen molar-refractivity contribution in [2.75, 3.05) is 20.1 Å². The number of aliphatic hydroxyl groups is 1. The Bertz CT molecular complexity index is 324. The van der Waals surface area contributed by atoms with Crippen LogP contribution in [0.15, 0.2) is 5.38 Å². The summed E-state index contributed by atoms with van der Waals surface area (Å²) in [5, 5.41) is 12.4. The second-order valence-corrected chi connectivity index (χ2v) is 5.28. The van der Waals surface area contributed by atoms with Gasteiger partial charge < -0.3 is 10.0 Å². The first-order chi connectivity index (χ1) is 7.16. The predicted molar refractivity (Wildman–Crippen MR) is 62.2 cm³/mol. The first-order valence-corrected chi connectivity index (χ1v) is 6.36. The Labute approximate surface area is 94.8 Å². The Morgan fingerprint density at radius 2 is 2.47 bits per heavy atom. The largest absolute Gasteiger partial charge is 0.386 e. The van der Waals surface area contributed by atoms with Crippen molar-refractivity contribution in [2.24, 2.45) is 0 Å². The van der Waals surface area contributed by atoms with E-state index in [1.165, 1.54) is 25.1 Å². The first kappa shape index (κ1) is 11.0. The lowest BCUT2D eigenvalue weighted by atomic mass is 9.96. The van der Waals surface area contributed by atoms with Crippen LogP contribution in [0.25, 0.3) is 0 Å². The minimum atomic E-state index is -0.426. The van der Waals surface area contributed by atoms with Crippen molar-refractivity contribution in [2.45, 2.75) is 31.8 Å². The molecule has 0 radical (unpaired) electrons. The molecule has 2 rings (SSSR count). The minimum Gasteiger partial charge on any atom is -0.386 e. The molecule has 2 unspecified atom stereocenters. The van der Waals surface area contributed by atoms with E-state index in [9.17, 15) is 5.11 Å². The standard InChI is InChI=1S/C11H18N2OS/c1-8(14)11-12-10(7-15-11)9-4-3-5-13(2)6-9/h7-9,14H,3-6H2,1-2H3. The van der Waals surface area contributed by atoms with Crippen molar-refractivity contribution in [3.63, 3.8) is 0 Å². The summed E-state index contributed by atoms with van der Waals surface area (Å²) in [7, 11) is 2.16. The van der Waals surface area contributed by atoms with Gasteiger partial charge in [0.25, 0.3) is 0 Å². The van der Waals surface area contributed by atoms with Crippen molar-refractivity contribution in [3.8, 4) is 0 Å². The highest BCUT2D eigenvalue weighted by Gasteiger charge is 2.21. The Kier molecular flexibility index (Phi) is 3.38. The van der Waals surface area contributed by atoms with Crippen molar-refractivity contribution in [3.05, 3.63) is 16.1 Å². The highest BCUT2D eigenvalue weighted by molar-refractivity contribution is 7.09. The fourth-order valence-corrected chi connectivity index (χ4v) is 2.93. The van der Waals surface area contributed by atoms with Crippen molar-refractivity contribution in [1.29, 1.82) is 0 Å². The second kappa shape index (κ2) is 4.60. The van der Waals surface area contributed by atoms with Crippen LogP contribution < -0.4 is 0 Å². The molecule has 1 N–H and O–H groups in total. The van der Waals surface area contributed by atoms with E-state index >= 15 is 0 Å². The van der Waals surface area contributed by atoms with E-state index in [1.54, 1.807) is 18.3 Å². The molecule has 1 saturated heterocycles. The molecule has 0 bridgehead atoms. The molecule has 0 aromatic carbocycles. The van der Waals surface area contributed by atoms with E-state index in [4.69, 9.17) is 0 Å². The number of hydrogen-bond donors (Lipinski definition) is 1. The molecule has 15 heavy (non-hydrogen) atoms. The van der Waals surface area contributed by atoms with E-state index < -0.39 is 6.10 Å². The van der Waals surface area contributed by atoms with E-state index in [-0.39, 0.29) is 0 Å². The average molecular weight is 226 g/mol. The van der Waals surface area contributed by atoms with Gasteiger partial charge >= 0.3 is 0 Å². The van der Waals surface area contributed by atoms with Crippen LogP contribution in [0, 0.1) is 0 Å². The number of hydrogen-bond acceptors (Lipinski definition) is 4. The molecule has 2 atom stereocenters. The van der Waals surface area contributed by atoms with Gasteiger partial charge in [-0.15, -0.1) is 11.3 Å². The molecule has 0 aliphatic carbocycles. The van der Waals surface area contributed by atoms with Crippen molar-refractivity contribution < 1.29 is 5.11 Å². The van der Waals surface area contributed by atoms with E-state index in [1.807, 2.05) is 0 Å². The zero-order valence-electron chi connectivity index (χ0n) is 9.31. The fourth-order valence-electron chi connectivity index (χ4n) is 2.09. The average Bonchev–Trinajstić information content (AvgIpc) is 2.66. The number of rotatable bonds is 2. The van der Waals surface area contributed by atoms with Crippen LogP contribution >= 0.6 is 11.3 Å². The summed E-state index contributed by atoms with van der Waals surface area (Å²) in [6, 6.07) is 0. The number of likely N-dealkylation sites (tertiary alicyclic amines) is 1. The van der Waals surface area contributed by atoms with Crippen LogP contribution in [-0.4, -0.2) is 35.1 Å². The number of nitrogens with zero attached hydrogens (tertiary/aromatic N) is 2. The number of aliphatic hydroxyl groups excluding tert-OH is 1. The third-order valence-corrected chi connectivity index (χ3v) is 3.97. The highest BCUT2D eigenvalue weighted by Crippen LogP contribution is 2.28. The summed E-state index contributed by atoms with van der Waals surface area (Å²) >= 11 is 1.57. The molecule has 1 aliphatic heterocycles. The monoisotopic (exact) mass is 226 g/mol. The Morgan fingerprint density at radius 3 is 3.07 bits per heavy atom. The smallest absolute Gasteiger partial charge is 0.121 e. The molecule has 0 saturated carbocycles. The van der Waals surface area contributed by atoms with Gasteiger partial charge in [-0.3, -0.25) is 0 Å². The lowest BCUT2D eigenvalue weighted by molar-refractivity contribution is 0.198. The van der Waals surface area contributed by atoms with Gasteiger partial charge in [-0.25, -0.2) is 4.98 Å². The lowest BCUT2D eigenvalue weighted by Gasteiger charge is -2.28. The Balaban J connectivity index is 2.08. The SMILES string of the molecule is CC(O)c1nc(C2CCCN(C)C2)cs1. The third-order valence-electron chi connectivity index (χ3n) is 2.94. The zero-order valence-corrected chi connectivity index (χ0v) is 10.1. The van der Waals surface area contributed by atoms with Crippen LogP contribution in [0.2, 0.25) is 0 Å². The number of piperidine rings is 1. The molecule has 1 aromatic rings. The van der Waals surface area contributed by atoms with Gasteiger partial charge in [0.15, 0.2) is 0 Å². The fraction of sp³-hybridized carbons (Fsp3) is 0.727. The molecular weight excluding hydrogens is 208 g/mol. The summed E-state index contributed by atoms with van der Waals surface area (Å²) in [5.74, 6) is 0.562. The topological polar surface area (TPSA) is 36.4 Å². The summed E-state index contributed by atoms with van der Waals surface area (Å²) in [4.78, 5) is 6.87. The lowest BCUT2D eigenvalue weighted by Crippen LogP contribution is -2.30. The third kappa shape index (κ3) is 2.56. The number of thiazole rings is 1. The molecular formula is C11H18N2OS.